The van der Waals surface area contributed by atoms with E-state index < -0.39 is 0 Å². The van der Waals surface area contributed by atoms with Crippen molar-refractivity contribution in [2.75, 3.05) is 6.61 Å². The maximum absolute atomic E-state index is 11.8. The molecule has 0 radical (unpaired) electrons. The standard InChI is InChI=1S/C27H42O6/c1-16(28)31-15-25(33-18(3)30)24-9-8-22-21-7-6-19-14-20(32-17(2)29)10-12-26(19,4)23(21)11-13-27(22,24)5/h19-25H,6-15H2,1-5H3/t19-,20+,21-,22+,23+,24-,25-,26-,27-/m0/s1. The Morgan fingerprint density at radius 2 is 1.52 bits per heavy atom. The molecule has 33 heavy (non-hydrogen) atoms. The Labute approximate surface area is 198 Å². The molecule has 0 heterocycles. The van der Waals surface area contributed by atoms with E-state index in [2.05, 4.69) is 13.8 Å². The van der Waals surface area contributed by atoms with Crippen LogP contribution in [-0.4, -0.2) is 36.7 Å². The van der Waals surface area contributed by atoms with E-state index >= 15 is 0 Å². The fourth-order valence-corrected chi connectivity index (χ4v) is 8.86. The molecule has 0 saturated heterocycles. The molecule has 0 aromatic carbocycles. The second-order valence-electron chi connectivity index (χ2n) is 11.8. The summed E-state index contributed by atoms with van der Waals surface area (Å²) in [4.78, 5) is 34.8. The molecule has 6 heteroatoms. The molecule has 0 spiro atoms. The van der Waals surface area contributed by atoms with Gasteiger partial charge in [0.05, 0.1) is 0 Å². The number of carbonyl (C=O) groups excluding carboxylic acids is 3. The Hall–Kier alpha value is -1.59. The lowest BCUT2D eigenvalue weighted by molar-refractivity contribution is -0.171. The molecule has 0 bridgehead atoms. The largest absolute Gasteiger partial charge is 0.463 e. The molecular formula is C27H42O6. The van der Waals surface area contributed by atoms with Crippen molar-refractivity contribution >= 4 is 17.9 Å². The van der Waals surface area contributed by atoms with Crippen LogP contribution in [0.3, 0.4) is 0 Å². The Morgan fingerprint density at radius 3 is 2.18 bits per heavy atom. The van der Waals surface area contributed by atoms with Gasteiger partial charge in [0, 0.05) is 26.7 Å². The first-order chi connectivity index (χ1) is 15.5. The predicted molar refractivity (Wildman–Crippen MR) is 123 cm³/mol. The highest BCUT2D eigenvalue weighted by molar-refractivity contribution is 5.67. The Morgan fingerprint density at radius 1 is 0.818 bits per heavy atom. The summed E-state index contributed by atoms with van der Waals surface area (Å²) in [6.45, 7) is 9.45. The van der Waals surface area contributed by atoms with E-state index in [4.69, 9.17) is 14.2 Å². The highest BCUT2D eigenvalue weighted by atomic mass is 16.6. The predicted octanol–water partition coefficient (Wildman–Crippen LogP) is 5.07. The summed E-state index contributed by atoms with van der Waals surface area (Å²) >= 11 is 0. The van der Waals surface area contributed by atoms with E-state index in [0.717, 1.165) is 38.5 Å². The van der Waals surface area contributed by atoms with E-state index in [1.807, 2.05) is 0 Å². The van der Waals surface area contributed by atoms with Crippen LogP contribution in [0.1, 0.15) is 92.4 Å². The molecule has 4 fully saturated rings. The normalized spacial score (nSPS) is 42.8. The van der Waals surface area contributed by atoms with Gasteiger partial charge in [-0.15, -0.1) is 0 Å². The average Bonchev–Trinajstić information content (AvgIpc) is 3.08. The van der Waals surface area contributed by atoms with Crippen LogP contribution in [0.15, 0.2) is 0 Å². The maximum atomic E-state index is 11.8. The van der Waals surface area contributed by atoms with Gasteiger partial charge in [-0.05, 0) is 92.3 Å². The van der Waals surface area contributed by atoms with E-state index in [9.17, 15) is 14.4 Å². The van der Waals surface area contributed by atoms with E-state index in [1.54, 1.807) is 0 Å². The Bertz CT molecular complexity index is 779. The SMILES string of the molecule is CC(=O)OC[C@H](OC(C)=O)[C@@H]1CC[C@@H]2[C@@H]3CC[C@H]4C[C@H](OC(C)=O)CC[C@]4(C)[C@@H]3CC[C@@]21C. The second-order valence-corrected chi connectivity index (χ2v) is 11.8. The van der Waals surface area contributed by atoms with Crippen LogP contribution in [0.2, 0.25) is 0 Å². The Kier molecular flexibility index (Phi) is 6.85. The fourth-order valence-electron chi connectivity index (χ4n) is 8.86. The highest BCUT2D eigenvalue weighted by Crippen LogP contribution is 2.68. The fraction of sp³-hybridized carbons (Fsp3) is 0.889. The van der Waals surface area contributed by atoms with Crippen molar-refractivity contribution in [2.45, 2.75) is 105 Å². The Balaban J connectivity index is 1.50. The van der Waals surface area contributed by atoms with Crippen molar-refractivity contribution in [1.29, 1.82) is 0 Å². The van der Waals surface area contributed by atoms with Gasteiger partial charge in [-0.25, -0.2) is 0 Å². The molecule has 9 atom stereocenters. The lowest BCUT2D eigenvalue weighted by atomic mass is 9.44. The maximum Gasteiger partial charge on any atom is 0.303 e. The van der Waals surface area contributed by atoms with Crippen molar-refractivity contribution < 1.29 is 28.6 Å². The van der Waals surface area contributed by atoms with Crippen LogP contribution < -0.4 is 0 Å². The van der Waals surface area contributed by atoms with Gasteiger partial charge in [0.2, 0.25) is 0 Å². The summed E-state index contributed by atoms with van der Waals surface area (Å²) in [5.41, 5.74) is 0.436. The van der Waals surface area contributed by atoms with Crippen molar-refractivity contribution in [3.63, 3.8) is 0 Å². The third-order valence-corrected chi connectivity index (χ3v) is 10.2. The van der Waals surface area contributed by atoms with Crippen LogP contribution >= 0.6 is 0 Å². The quantitative estimate of drug-likeness (QED) is 0.419. The monoisotopic (exact) mass is 462 g/mol. The smallest absolute Gasteiger partial charge is 0.303 e. The molecule has 4 aliphatic rings. The number of ether oxygens (including phenoxy) is 3. The zero-order chi connectivity index (χ0) is 24.0. The summed E-state index contributed by atoms with van der Waals surface area (Å²) in [5.74, 6) is 2.13. The van der Waals surface area contributed by atoms with Crippen molar-refractivity contribution in [3.8, 4) is 0 Å². The summed E-state index contributed by atoms with van der Waals surface area (Å²) < 4.78 is 16.6. The van der Waals surface area contributed by atoms with E-state index in [-0.39, 0.29) is 48.1 Å². The number of hydrogen-bond donors (Lipinski definition) is 0. The number of esters is 3. The first-order valence-corrected chi connectivity index (χ1v) is 13.0. The molecule has 4 saturated carbocycles. The lowest BCUT2D eigenvalue weighted by Crippen LogP contribution is -2.55. The van der Waals surface area contributed by atoms with Gasteiger partial charge in [0.25, 0.3) is 0 Å². The third-order valence-electron chi connectivity index (χ3n) is 10.2. The van der Waals surface area contributed by atoms with Crippen LogP contribution in [-0.2, 0) is 28.6 Å². The molecule has 0 unspecified atom stereocenters. The summed E-state index contributed by atoms with van der Waals surface area (Å²) in [6, 6.07) is 0. The molecule has 0 aromatic rings. The van der Waals surface area contributed by atoms with Gasteiger partial charge in [-0.3, -0.25) is 14.4 Å². The molecule has 4 rings (SSSR count). The number of rotatable bonds is 5. The van der Waals surface area contributed by atoms with Gasteiger partial charge in [0.1, 0.15) is 18.8 Å². The van der Waals surface area contributed by atoms with Gasteiger partial charge in [-0.1, -0.05) is 13.8 Å². The minimum absolute atomic E-state index is 0.0904. The summed E-state index contributed by atoms with van der Waals surface area (Å²) in [7, 11) is 0. The van der Waals surface area contributed by atoms with Gasteiger partial charge < -0.3 is 14.2 Å². The zero-order valence-corrected chi connectivity index (χ0v) is 21.1. The molecule has 0 N–H and O–H groups in total. The average molecular weight is 463 g/mol. The minimum Gasteiger partial charge on any atom is -0.463 e. The molecule has 0 aromatic heterocycles. The number of carbonyl (C=O) groups is 3. The van der Waals surface area contributed by atoms with Crippen LogP contribution in [0.4, 0.5) is 0 Å². The summed E-state index contributed by atoms with van der Waals surface area (Å²) in [5, 5.41) is 0. The second kappa shape index (κ2) is 9.22. The van der Waals surface area contributed by atoms with Crippen LogP contribution in [0.25, 0.3) is 0 Å². The molecule has 186 valence electrons. The molecular weight excluding hydrogens is 420 g/mol. The van der Waals surface area contributed by atoms with Crippen molar-refractivity contribution in [1.82, 2.24) is 0 Å². The van der Waals surface area contributed by atoms with Gasteiger partial charge in [0.15, 0.2) is 0 Å². The first-order valence-electron chi connectivity index (χ1n) is 13.0. The lowest BCUT2D eigenvalue weighted by Gasteiger charge is -2.61. The highest BCUT2D eigenvalue weighted by Gasteiger charge is 2.61. The minimum atomic E-state index is -0.357. The molecule has 6 nitrogen and oxygen atoms in total. The van der Waals surface area contributed by atoms with Crippen LogP contribution in [0, 0.1) is 40.4 Å². The molecule has 4 aliphatic carbocycles. The zero-order valence-electron chi connectivity index (χ0n) is 21.1. The van der Waals surface area contributed by atoms with Gasteiger partial charge in [-0.2, -0.15) is 0 Å². The van der Waals surface area contributed by atoms with Crippen molar-refractivity contribution in [3.05, 3.63) is 0 Å². The number of hydrogen-bond acceptors (Lipinski definition) is 6. The number of fused-ring (bicyclic) bond motifs is 5. The van der Waals surface area contributed by atoms with Crippen LogP contribution in [0.5, 0.6) is 0 Å². The van der Waals surface area contributed by atoms with E-state index in [0.29, 0.717) is 29.1 Å². The molecule has 0 amide bonds. The molecule has 0 aliphatic heterocycles. The van der Waals surface area contributed by atoms with Gasteiger partial charge >= 0.3 is 17.9 Å². The van der Waals surface area contributed by atoms with Crippen molar-refractivity contribution in [2.24, 2.45) is 40.4 Å². The first kappa shape index (κ1) is 24.5. The third kappa shape index (κ3) is 4.55. The topological polar surface area (TPSA) is 78.9 Å². The van der Waals surface area contributed by atoms with E-state index in [1.165, 1.54) is 40.0 Å². The summed E-state index contributed by atoms with van der Waals surface area (Å²) in [6.07, 6.45) is 9.87.